The zero-order valence-electron chi connectivity index (χ0n) is 8.70. The maximum absolute atomic E-state index is 11.9. The van der Waals surface area contributed by atoms with Gasteiger partial charge in [-0.2, -0.15) is 0 Å². The maximum atomic E-state index is 11.9. The van der Waals surface area contributed by atoms with Crippen LogP contribution in [0.15, 0.2) is 29.0 Å². The summed E-state index contributed by atoms with van der Waals surface area (Å²) in [6.45, 7) is 2.01. The summed E-state index contributed by atoms with van der Waals surface area (Å²) < 4.78 is 0. The molecule has 0 fully saturated rings. The standard InChI is InChI=1S/C12H10N2OS/c1-7-2-3-9-10(4-7)14-12(15)8-5-16-6-11(8)13-9/h2-6,13H,1H3,(H,14,15). The molecule has 3 rings (SSSR count). The number of carbonyl (C=O) groups is 1. The number of aryl methyl sites for hydroxylation is 1. The van der Waals surface area contributed by atoms with Gasteiger partial charge < -0.3 is 10.6 Å². The smallest absolute Gasteiger partial charge is 0.258 e. The Kier molecular flexibility index (Phi) is 1.97. The van der Waals surface area contributed by atoms with Gasteiger partial charge in [-0.15, -0.1) is 11.3 Å². The highest BCUT2D eigenvalue weighted by Gasteiger charge is 2.19. The van der Waals surface area contributed by atoms with Gasteiger partial charge >= 0.3 is 0 Å². The fraction of sp³-hybridized carbons (Fsp3) is 0.0833. The molecule has 0 aliphatic carbocycles. The fourth-order valence-corrected chi connectivity index (χ4v) is 2.54. The molecule has 3 nitrogen and oxygen atoms in total. The molecule has 1 aliphatic rings. The molecule has 0 spiro atoms. The molecule has 0 saturated heterocycles. The zero-order chi connectivity index (χ0) is 11.1. The average Bonchev–Trinajstić information content (AvgIpc) is 2.65. The zero-order valence-corrected chi connectivity index (χ0v) is 9.52. The topological polar surface area (TPSA) is 41.1 Å². The lowest BCUT2D eigenvalue weighted by Crippen LogP contribution is -2.09. The van der Waals surface area contributed by atoms with Crippen molar-refractivity contribution >= 4 is 34.3 Å². The van der Waals surface area contributed by atoms with Crippen LogP contribution < -0.4 is 10.6 Å². The van der Waals surface area contributed by atoms with Crippen molar-refractivity contribution in [3.05, 3.63) is 40.1 Å². The summed E-state index contributed by atoms with van der Waals surface area (Å²) in [7, 11) is 0. The van der Waals surface area contributed by atoms with Crippen LogP contribution in [0.5, 0.6) is 0 Å². The predicted molar refractivity (Wildman–Crippen MR) is 66.7 cm³/mol. The van der Waals surface area contributed by atoms with Gasteiger partial charge in [-0.25, -0.2) is 0 Å². The third-order valence-corrected chi connectivity index (χ3v) is 3.34. The van der Waals surface area contributed by atoms with E-state index in [-0.39, 0.29) is 5.91 Å². The third-order valence-electron chi connectivity index (χ3n) is 2.60. The maximum Gasteiger partial charge on any atom is 0.258 e. The number of hydrogen-bond acceptors (Lipinski definition) is 3. The first-order valence-corrected chi connectivity index (χ1v) is 5.93. The van der Waals surface area contributed by atoms with E-state index in [9.17, 15) is 4.79 Å². The summed E-state index contributed by atoms with van der Waals surface area (Å²) >= 11 is 1.52. The van der Waals surface area contributed by atoms with Crippen molar-refractivity contribution in [2.24, 2.45) is 0 Å². The second kappa shape index (κ2) is 3.35. The predicted octanol–water partition coefficient (Wildman–Crippen LogP) is 3.37. The number of amides is 1. The highest BCUT2D eigenvalue weighted by atomic mass is 32.1. The first kappa shape index (κ1) is 9.42. The van der Waals surface area contributed by atoms with Crippen LogP contribution in [0.3, 0.4) is 0 Å². The first-order valence-electron chi connectivity index (χ1n) is 4.99. The van der Waals surface area contributed by atoms with E-state index in [1.807, 2.05) is 35.9 Å². The Bertz CT molecular complexity index is 574. The Labute approximate surface area is 97.1 Å². The van der Waals surface area contributed by atoms with Crippen LogP contribution in [0.4, 0.5) is 17.1 Å². The summed E-state index contributed by atoms with van der Waals surface area (Å²) in [6, 6.07) is 5.97. The van der Waals surface area contributed by atoms with Gasteiger partial charge in [0.15, 0.2) is 0 Å². The number of rotatable bonds is 0. The number of fused-ring (bicyclic) bond motifs is 2. The van der Waals surface area contributed by atoms with Gasteiger partial charge in [0, 0.05) is 10.8 Å². The summed E-state index contributed by atoms with van der Waals surface area (Å²) in [5.41, 5.74) is 4.50. The van der Waals surface area contributed by atoms with E-state index in [4.69, 9.17) is 0 Å². The van der Waals surface area contributed by atoms with Gasteiger partial charge in [0.2, 0.25) is 0 Å². The molecule has 1 aromatic carbocycles. The van der Waals surface area contributed by atoms with Crippen molar-refractivity contribution in [3.63, 3.8) is 0 Å². The van der Waals surface area contributed by atoms with Crippen molar-refractivity contribution in [2.75, 3.05) is 10.6 Å². The molecule has 4 heteroatoms. The van der Waals surface area contributed by atoms with Crippen LogP contribution >= 0.6 is 11.3 Å². The van der Waals surface area contributed by atoms with Crippen molar-refractivity contribution in [1.29, 1.82) is 0 Å². The second-order valence-corrected chi connectivity index (χ2v) is 4.57. The van der Waals surface area contributed by atoms with Crippen LogP contribution in [0.1, 0.15) is 15.9 Å². The minimum atomic E-state index is -0.0481. The third kappa shape index (κ3) is 1.39. The molecule has 1 aromatic heterocycles. The van der Waals surface area contributed by atoms with Gasteiger partial charge in [-0.3, -0.25) is 4.79 Å². The number of hydrogen-bond donors (Lipinski definition) is 2. The van der Waals surface area contributed by atoms with Gasteiger partial charge in [-0.1, -0.05) is 6.07 Å². The van der Waals surface area contributed by atoms with Crippen molar-refractivity contribution in [2.45, 2.75) is 6.92 Å². The van der Waals surface area contributed by atoms with E-state index in [1.54, 1.807) is 0 Å². The Morgan fingerprint density at radius 3 is 2.81 bits per heavy atom. The van der Waals surface area contributed by atoms with Crippen LogP contribution in [-0.4, -0.2) is 5.91 Å². The van der Waals surface area contributed by atoms with Crippen molar-refractivity contribution in [3.8, 4) is 0 Å². The van der Waals surface area contributed by atoms with E-state index in [0.29, 0.717) is 5.56 Å². The molecule has 0 unspecified atom stereocenters. The van der Waals surface area contributed by atoms with Crippen molar-refractivity contribution < 1.29 is 4.79 Å². The molecule has 0 bridgehead atoms. The van der Waals surface area contributed by atoms with E-state index >= 15 is 0 Å². The van der Waals surface area contributed by atoms with Gasteiger partial charge in [-0.05, 0) is 24.6 Å². The summed E-state index contributed by atoms with van der Waals surface area (Å²) in [6.07, 6.45) is 0. The van der Waals surface area contributed by atoms with Crippen LogP contribution in [-0.2, 0) is 0 Å². The molecule has 0 atom stereocenters. The molecular weight excluding hydrogens is 220 g/mol. The molecule has 0 saturated carbocycles. The lowest BCUT2D eigenvalue weighted by molar-refractivity contribution is 0.102. The van der Waals surface area contributed by atoms with E-state index in [1.165, 1.54) is 11.3 Å². The molecule has 80 valence electrons. The number of benzene rings is 1. The largest absolute Gasteiger partial charge is 0.352 e. The lowest BCUT2D eigenvalue weighted by Gasteiger charge is -2.08. The second-order valence-electron chi connectivity index (χ2n) is 3.83. The van der Waals surface area contributed by atoms with Crippen LogP contribution in [0.25, 0.3) is 0 Å². The Hall–Kier alpha value is -1.81. The van der Waals surface area contributed by atoms with Crippen LogP contribution in [0, 0.1) is 6.92 Å². The molecule has 1 amide bonds. The normalized spacial score (nSPS) is 13.2. The molecule has 2 N–H and O–H groups in total. The summed E-state index contributed by atoms with van der Waals surface area (Å²) in [5, 5.41) is 9.98. The van der Waals surface area contributed by atoms with Crippen molar-refractivity contribution in [1.82, 2.24) is 0 Å². The average molecular weight is 230 g/mol. The fourth-order valence-electron chi connectivity index (χ4n) is 1.77. The molecular formula is C12H10N2OS. The van der Waals surface area contributed by atoms with Gasteiger partial charge in [0.05, 0.1) is 22.6 Å². The van der Waals surface area contributed by atoms with Crippen LogP contribution in [0.2, 0.25) is 0 Å². The quantitative estimate of drug-likeness (QED) is 0.728. The summed E-state index contributed by atoms with van der Waals surface area (Å²) in [5.74, 6) is -0.0481. The monoisotopic (exact) mass is 230 g/mol. The highest BCUT2D eigenvalue weighted by Crippen LogP contribution is 2.34. The van der Waals surface area contributed by atoms with E-state index in [2.05, 4.69) is 10.6 Å². The highest BCUT2D eigenvalue weighted by molar-refractivity contribution is 7.08. The number of carbonyl (C=O) groups excluding carboxylic acids is 1. The summed E-state index contributed by atoms with van der Waals surface area (Å²) in [4.78, 5) is 11.9. The van der Waals surface area contributed by atoms with E-state index in [0.717, 1.165) is 22.6 Å². The number of anilines is 3. The lowest BCUT2D eigenvalue weighted by atomic mass is 10.2. The first-order chi connectivity index (χ1) is 7.74. The van der Waals surface area contributed by atoms with E-state index < -0.39 is 0 Å². The Morgan fingerprint density at radius 1 is 1.06 bits per heavy atom. The minimum absolute atomic E-state index is 0.0481. The molecule has 0 radical (unpaired) electrons. The number of nitrogens with one attached hydrogen (secondary N) is 2. The van der Waals surface area contributed by atoms with Gasteiger partial charge in [0.25, 0.3) is 5.91 Å². The Morgan fingerprint density at radius 2 is 1.94 bits per heavy atom. The SMILES string of the molecule is Cc1ccc2c(c1)NC(=O)c1cscc1N2. The van der Waals surface area contributed by atoms with Gasteiger partial charge in [0.1, 0.15) is 0 Å². The molecule has 1 aliphatic heterocycles. The molecule has 2 heterocycles. The minimum Gasteiger partial charge on any atom is -0.352 e. The molecule has 2 aromatic rings. The number of thiophene rings is 1. The Balaban J connectivity index is 2.16. The molecule has 16 heavy (non-hydrogen) atoms.